The van der Waals surface area contributed by atoms with Gasteiger partial charge in [-0.15, -0.1) is 0 Å². The zero-order valence-electron chi connectivity index (χ0n) is 9.40. The van der Waals surface area contributed by atoms with Gasteiger partial charge < -0.3 is 11.1 Å². The second-order valence-corrected chi connectivity index (χ2v) is 4.43. The molecule has 5 heteroatoms. The van der Waals surface area contributed by atoms with Gasteiger partial charge in [-0.05, 0) is 24.5 Å². The van der Waals surface area contributed by atoms with Crippen molar-refractivity contribution in [1.82, 2.24) is 4.98 Å². The van der Waals surface area contributed by atoms with Crippen molar-refractivity contribution >= 4 is 23.2 Å². The fraction of sp³-hybridized carbons (Fsp3) is 0.455. The average molecular weight is 242 g/mol. The summed E-state index contributed by atoms with van der Waals surface area (Å²) in [7, 11) is 0. The van der Waals surface area contributed by atoms with Gasteiger partial charge in [0.1, 0.15) is 0 Å². The zero-order chi connectivity index (χ0) is 12.1. The minimum absolute atomic E-state index is 0.233. The Morgan fingerprint density at radius 3 is 2.88 bits per heavy atom. The second kappa shape index (κ2) is 5.82. The van der Waals surface area contributed by atoms with Crippen molar-refractivity contribution in [3.8, 4) is 0 Å². The fourth-order valence-corrected chi connectivity index (χ4v) is 1.49. The third-order valence-electron chi connectivity index (χ3n) is 2.08. The molecule has 1 aromatic heterocycles. The molecule has 1 heterocycles. The third-order valence-corrected chi connectivity index (χ3v) is 2.38. The number of nitrogens with two attached hydrogens (primary N) is 1. The molecule has 1 aromatic rings. The topological polar surface area (TPSA) is 68.0 Å². The Labute approximate surface area is 100 Å². The number of hydrogen-bond donors (Lipinski definition) is 2. The summed E-state index contributed by atoms with van der Waals surface area (Å²) in [5.41, 5.74) is 6.23. The molecule has 3 N–H and O–H groups in total. The lowest BCUT2D eigenvalue weighted by atomic mass is 10.0. The molecule has 88 valence electrons. The van der Waals surface area contributed by atoms with Crippen molar-refractivity contribution in [2.45, 2.75) is 26.3 Å². The number of halogens is 1. The van der Waals surface area contributed by atoms with Gasteiger partial charge in [-0.1, -0.05) is 25.4 Å². The quantitative estimate of drug-likeness (QED) is 0.793. The highest BCUT2D eigenvalue weighted by molar-refractivity contribution is 6.32. The van der Waals surface area contributed by atoms with Crippen molar-refractivity contribution in [1.29, 1.82) is 0 Å². The van der Waals surface area contributed by atoms with E-state index in [2.05, 4.69) is 10.3 Å². The van der Waals surface area contributed by atoms with Crippen molar-refractivity contribution in [3.63, 3.8) is 0 Å². The summed E-state index contributed by atoms with van der Waals surface area (Å²) in [6.07, 6.45) is 2.20. The highest BCUT2D eigenvalue weighted by atomic mass is 35.5. The first-order valence-electron chi connectivity index (χ1n) is 5.17. The molecule has 0 aliphatic rings. The first-order valence-corrected chi connectivity index (χ1v) is 5.55. The molecule has 0 aromatic carbocycles. The first kappa shape index (κ1) is 12.9. The van der Waals surface area contributed by atoms with Crippen LogP contribution in [0.3, 0.4) is 0 Å². The molecule has 0 bridgehead atoms. The van der Waals surface area contributed by atoms with Crippen molar-refractivity contribution in [2.75, 3.05) is 5.32 Å². The number of rotatable bonds is 4. The van der Waals surface area contributed by atoms with Crippen LogP contribution >= 0.6 is 11.6 Å². The number of hydrogen-bond acceptors (Lipinski definition) is 3. The molecule has 1 amide bonds. The molecule has 0 saturated heterocycles. The first-order chi connectivity index (χ1) is 7.50. The Kier molecular flexibility index (Phi) is 4.71. The highest BCUT2D eigenvalue weighted by Gasteiger charge is 2.16. The molecule has 4 nitrogen and oxygen atoms in total. The van der Waals surface area contributed by atoms with E-state index in [-0.39, 0.29) is 11.1 Å². The maximum Gasteiger partial charge on any atom is 0.241 e. The average Bonchev–Trinajstić information content (AvgIpc) is 2.20. The van der Waals surface area contributed by atoms with Crippen LogP contribution in [0.1, 0.15) is 20.3 Å². The fourth-order valence-electron chi connectivity index (χ4n) is 1.32. The molecule has 0 unspecified atom stereocenters. The third kappa shape index (κ3) is 3.79. The van der Waals surface area contributed by atoms with E-state index in [9.17, 15) is 4.79 Å². The summed E-state index contributed by atoms with van der Waals surface area (Å²) in [6.45, 7) is 4.04. The summed E-state index contributed by atoms with van der Waals surface area (Å²) in [5.74, 6) is 0.147. The number of aromatic nitrogens is 1. The zero-order valence-corrected chi connectivity index (χ0v) is 10.2. The maximum absolute atomic E-state index is 11.7. The summed E-state index contributed by atoms with van der Waals surface area (Å²) in [6, 6.07) is 2.88. The van der Waals surface area contributed by atoms with Gasteiger partial charge >= 0.3 is 0 Å². The lowest BCUT2D eigenvalue weighted by Gasteiger charge is -2.14. The van der Waals surface area contributed by atoms with Gasteiger partial charge in [0, 0.05) is 6.20 Å². The summed E-state index contributed by atoms with van der Waals surface area (Å²) >= 11 is 5.81. The lowest BCUT2D eigenvalue weighted by molar-refractivity contribution is -0.117. The number of amides is 1. The molecule has 0 spiro atoms. The number of pyridine rings is 1. The van der Waals surface area contributed by atoms with E-state index < -0.39 is 6.04 Å². The van der Waals surface area contributed by atoms with Crippen LogP contribution in [0.25, 0.3) is 0 Å². The SMILES string of the molecule is CC(C)C[C@H](N)C(=O)Nc1cccnc1Cl. The van der Waals surface area contributed by atoms with Gasteiger partial charge in [0.05, 0.1) is 11.7 Å². The Morgan fingerprint density at radius 2 is 2.31 bits per heavy atom. The molecule has 1 atom stereocenters. The molecule has 0 radical (unpaired) electrons. The monoisotopic (exact) mass is 241 g/mol. The maximum atomic E-state index is 11.7. The number of anilines is 1. The van der Waals surface area contributed by atoms with E-state index >= 15 is 0 Å². The van der Waals surface area contributed by atoms with Gasteiger partial charge in [-0.3, -0.25) is 4.79 Å². The van der Waals surface area contributed by atoms with Crippen LogP contribution in [0, 0.1) is 5.92 Å². The summed E-state index contributed by atoms with van der Waals surface area (Å²) in [4.78, 5) is 15.5. The second-order valence-electron chi connectivity index (χ2n) is 4.07. The number of carbonyl (C=O) groups is 1. The van der Waals surface area contributed by atoms with E-state index in [1.165, 1.54) is 0 Å². The highest BCUT2D eigenvalue weighted by Crippen LogP contribution is 2.17. The van der Waals surface area contributed by atoms with Gasteiger partial charge in [0.2, 0.25) is 5.91 Å². The standard InChI is InChI=1S/C11H16ClN3O/c1-7(2)6-8(13)11(16)15-9-4-3-5-14-10(9)12/h3-5,7-8H,6,13H2,1-2H3,(H,15,16)/t8-/m0/s1. The van der Waals surface area contributed by atoms with Gasteiger partial charge in [0.25, 0.3) is 0 Å². The predicted octanol–water partition coefficient (Wildman–Crippen LogP) is 2.05. The lowest BCUT2D eigenvalue weighted by Crippen LogP contribution is -2.36. The van der Waals surface area contributed by atoms with Crippen LogP contribution in [0.5, 0.6) is 0 Å². The van der Waals surface area contributed by atoms with E-state index in [4.69, 9.17) is 17.3 Å². The minimum atomic E-state index is -0.517. The number of carbonyl (C=O) groups excluding carboxylic acids is 1. The van der Waals surface area contributed by atoms with E-state index in [0.717, 1.165) is 0 Å². The molecule has 0 fully saturated rings. The van der Waals surface area contributed by atoms with Crippen LogP contribution in [-0.4, -0.2) is 16.9 Å². The predicted molar refractivity (Wildman–Crippen MR) is 65.3 cm³/mol. The van der Waals surface area contributed by atoms with Crippen LogP contribution in [0.2, 0.25) is 5.15 Å². The van der Waals surface area contributed by atoms with E-state index in [1.54, 1.807) is 18.3 Å². The van der Waals surface area contributed by atoms with Gasteiger partial charge in [-0.2, -0.15) is 0 Å². The Hall–Kier alpha value is -1.13. The molecule has 1 rings (SSSR count). The summed E-state index contributed by atoms with van der Waals surface area (Å²) in [5, 5.41) is 2.93. The van der Waals surface area contributed by atoms with Gasteiger partial charge in [0.15, 0.2) is 5.15 Å². The molecular weight excluding hydrogens is 226 g/mol. The smallest absolute Gasteiger partial charge is 0.241 e. The van der Waals surface area contributed by atoms with Crippen LogP contribution in [0.15, 0.2) is 18.3 Å². The normalized spacial score (nSPS) is 12.6. The Morgan fingerprint density at radius 1 is 1.62 bits per heavy atom. The van der Waals surface area contributed by atoms with Gasteiger partial charge in [-0.25, -0.2) is 4.98 Å². The van der Waals surface area contributed by atoms with Crippen LogP contribution < -0.4 is 11.1 Å². The number of nitrogens with zero attached hydrogens (tertiary/aromatic N) is 1. The van der Waals surface area contributed by atoms with Crippen LogP contribution in [0.4, 0.5) is 5.69 Å². The van der Waals surface area contributed by atoms with Crippen molar-refractivity contribution in [3.05, 3.63) is 23.5 Å². The molecule has 0 aliphatic heterocycles. The molecule has 16 heavy (non-hydrogen) atoms. The number of nitrogens with one attached hydrogen (secondary N) is 1. The largest absolute Gasteiger partial charge is 0.322 e. The molecule has 0 aliphatic carbocycles. The Bertz CT molecular complexity index is 368. The minimum Gasteiger partial charge on any atom is -0.322 e. The van der Waals surface area contributed by atoms with E-state index in [1.807, 2.05) is 13.8 Å². The van der Waals surface area contributed by atoms with E-state index in [0.29, 0.717) is 18.0 Å². The molecular formula is C11H16ClN3O. The van der Waals surface area contributed by atoms with Crippen LogP contribution in [-0.2, 0) is 4.79 Å². The van der Waals surface area contributed by atoms with Crippen molar-refractivity contribution < 1.29 is 4.79 Å². The molecule has 0 saturated carbocycles. The van der Waals surface area contributed by atoms with Crippen molar-refractivity contribution in [2.24, 2.45) is 11.7 Å². The summed E-state index contributed by atoms with van der Waals surface area (Å²) < 4.78 is 0. The Balaban J connectivity index is 2.61.